The van der Waals surface area contributed by atoms with Gasteiger partial charge in [-0.1, -0.05) is 50.2 Å². The van der Waals surface area contributed by atoms with Crippen LogP contribution in [0.4, 0.5) is 21.0 Å². The Morgan fingerprint density at radius 1 is 0.580 bits per heavy atom. The summed E-state index contributed by atoms with van der Waals surface area (Å²) in [6, 6.07) is 15.8. The molecule has 4 aliphatic rings. The highest BCUT2D eigenvalue weighted by atomic mass is 16.6. The van der Waals surface area contributed by atoms with Gasteiger partial charge in [-0.05, 0) is 64.8 Å². The topological polar surface area (TPSA) is 146 Å². The second-order valence-corrected chi connectivity index (χ2v) is 13.4. The van der Waals surface area contributed by atoms with Crippen LogP contribution >= 0.6 is 0 Å². The van der Waals surface area contributed by atoms with E-state index in [9.17, 15) is 28.8 Å². The van der Waals surface area contributed by atoms with Crippen molar-refractivity contribution in [1.82, 2.24) is 0 Å². The van der Waals surface area contributed by atoms with E-state index in [0.717, 1.165) is 9.80 Å². The molecule has 3 aromatic rings. The molecule has 4 amide bonds. The zero-order chi connectivity index (χ0) is 35.9. The average molecular weight is 677 g/mol. The highest BCUT2D eigenvalue weighted by Crippen LogP contribution is 2.52. The van der Waals surface area contributed by atoms with Gasteiger partial charge in [-0.2, -0.15) is 0 Å². The standard InChI is InChI=1S/C38H32N2O10/c1-7-37(3,4)49-35(45)39-23-15-11-9-13-19(23)27(31(39)41)29-21-17-26-22(18-25(21)47-33(29)43)30(34(44)48-26)28-20-14-10-12-16-24(20)40(32(28)42)36(46)50-38(5,6)8-2/h9-18H,7-8H2,1-6H3. The van der Waals surface area contributed by atoms with Crippen molar-refractivity contribution in [1.29, 1.82) is 0 Å². The molecule has 50 heavy (non-hydrogen) atoms. The normalized spacial score (nSPS) is 19.2. The Hall–Kier alpha value is -6.04. The van der Waals surface area contributed by atoms with E-state index in [0.29, 0.717) is 24.0 Å². The lowest BCUT2D eigenvalue weighted by Gasteiger charge is -2.26. The van der Waals surface area contributed by atoms with Crippen LogP contribution < -0.4 is 19.3 Å². The second-order valence-electron chi connectivity index (χ2n) is 13.4. The summed E-state index contributed by atoms with van der Waals surface area (Å²) in [4.78, 5) is 83.4. The summed E-state index contributed by atoms with van der Waals surface area (Å²) >= 11 is 0. The molecule has 12 heteroatoms. The number of fused-ring (bicyclic) bond motifs is 4. The maximum atomic E-state index is 14.0. The van der Waals surface area contributed by atoms with Crippen molar-refractivity contribution < 1.29 is 47.7 Å². The number of para-hydroxylation sites is 2. The third-order valence-corrected chi connectivity index (χ3v) is 9.39. The fraction of sp³-hybridized carbons (Fsp3) is 0.263. The van der Waals surface area contributed by atoms with Gasteiger partial charge in [0.2, 0.25) is 0 Å². The monoisotopic (exact) mass is 676 g/mol. The van der Waals surface area contributed by atoms with Crippen molar-refractivity contribution in [2.24, 2.45) is 0 Å². The molecular weight excluding hydrogens is 644 g/mol. The fourth-order valence-corrected chi connectivity index (χ4v) is 6.10. The molecule has 12 nitrogen and oxygen atoms in total. The predicted molar refractivity (Wildman–Crippen MR) is 181 cm³/mol. The number of hydrogen-bond acceptors (Lipinski definition) is 10. The van der Waals surface area contributed by atoms with Crippen molar-refractivity contribution in [3.63, 3.8) is 0 Å². The minimum Gasteiger partial charge on any atom is -0.443 e. The first kappa shape index (κ1) is 32.5. The van der Waals surface area contributed by atoms with Crippen molar-refractivity contribution in [3.8, 4) is 11.5 Å². The smallest absolute Gasteiger partial charge is 0.422 e. The van der Waals surface area contributed by atoms with Gasteiger partial charge in [0.1, 0.15) is 22.7 Å². The van der Waals surface area contributed by atoms with Crippen molar-refractivity contribution in [2.75, 3.05) is 9.80 Å². The van der Waals surface area contributed by atoms with Crippen molar-refractivity contribution in [2.45, 2.75) is 65.6 Å². The summed E-state index contributed by atoms with van der Waals surface area (Å²) in [6.45, 7) is 10.6. The molecule has 0 N–H and O–H groups in total. The molecule has 0 aliphatic carbocycles. The molecule has 4 heterocycles. The van der Waals surface area contributed by atoms with E-state index in [1.165, 1.54) is 12.1 Å². The zero-order valence-electron chi connectivity index (χ0n) is 28.2. The predicted octanol–water partition coefficient (Wildman–Crippen LogP) is 6.69. The van der Waals surface area contributed by atoms with Crippen LogP contribution in [0.5, 0.6) is 11.5 Å². The number of benzene rings is 3. The van der Waals surface area contributed by atoms with Gasteiger partial charge in [0.05, 0.1) is 33.7 Å². The maximum absolute atomic E-state index is 14.0. The molecule has 0 aromatic heterocycles. The van der Waals surface area contributed by atoms with Gasteiger partial charge in [0.15, 0.2) is 0 Å². The maximum Gasteiger partial charge on any atom is 0.422 e. The molecule has 7 rings (SSSR count). The minimum atomic E-state index is -0.895. The molecule has 0 radical (unpaired) electrons. The molecule has 0 spiro atoms. The van der Waals surface area contributed by atoms with Crippen LogP contribution in [0.1, 0.15) is 76.6 Å². The van der Waals surface area contributed by atoms with Crippen molar-refractivity contribution in [3.05, 3.63) is 82.9 Å². The quantitative estimate of drug-likeness (QED) is 0.166. The molecule has 3 aromatic carbocycles. The van der Waals surface area contributed by atoms with Gasteiger partial charge in [-0.25, -0.2) is 29.0 Å². The number of nitrogens with zero attached hydrogens (tertiary/aromatic N) is 2. The van der Waals surface area contributed by atoms with Crippen molar-refractivity contribution >= 4 is 69.6 Å². The summed E-state index contributed by atoms with van der Waals surface area (Å²) in [5.74, 6) is -3.27. The van der Waals surface area contributed by atoms with Crippen LogP contribution in [0.25, 0.3) is 22.3 Å². The molecule has 0 atom stereocenters. The number of ether oxygens (including phenoxy) is 4. The summed E-state index contributed by atoms with van der Waals surface area (Å²) in [7, 11) is 0. The molecule has 0 unspecified atom stereocenters. The largest absolute Gasteiger partial charge is 0.443 e. The van der Waals surface area contributed by atoms with E-state index in [-0.39, 0.29) is 56.3 Å². The summed E-state index contributed by atoms with van der Waals surface area (Å²) in [6.07, 6.45) is -0.801. The molecule has 0 bridgehead atoms. The minimum absolute atomic E-state index is 0.00534. The third-order valence-electron chi connectivity index (χ3n) is 9.39. The lowest BCUT2D eigenvalue weighted by atomic mass is 9.92. The van der Waals surface area contributed by atoms with Crippen LogP contribution in [0.15, 0.2) is 60.7 Å². The number of carbonyl (C=O) groups excluding carboxylic acids is 6. The third kappa shape index (κ3) is 4.89. The summed E-state index contributed by atoms with van der Waals surface area (Å²) in [5, 5.41) is 0. The highest BCUT2D eigenvalue weighted by molar-refractivity contribution is 6.51. The fourth-order valence-electron chi connectivity index (χ4n) is 6.10. The molecule has 0 saturated carbocycles. The number of esters is 2. The van der Waals surface area contributed by atoms with Gasteiger partial charge >= 0.3 is 24.1 Å². The Labute approximate surface area is 286 Å². The Bertz CT molecular complexity index is 2020. The molecule has 4 aliphatic heterocycles. The summed E-state index contributed by atoms with van der Waals surface area (Å²) in [5.41, 5.74) is -0.724. The van der Waals surface area contributed by atoms with E-state index < -0.39 is 47.1 Å². The zero-order valence-corrected chi connectivity index (χ0v) is 28.2. The molecule has 0 saturated heterocycles. The summed E-state index contributed by atoms with van der Waals surface area (Å²) < 4.78 is 22.5. The van der Waals surface area contributed by atoms with Gasteiger partial charge in [-0.15, -0.1) is 0 Å². The van der Waals surface area contributed by atoms with E-state index in [1.54, 1.807) is 76.2 Å². The first-order valence-electron chi connectivity index (χ1n) is 16.1. The molecule has 254 valence electrons. The number of imide groups is 2. The van der Waals surface area contributed by atoms with Gasteiger partial charge < -0.3 is 18.9 Å². The Morgan fingerprint density at radius 2 is 0.940 bits per heavy atom. The van der Waals surface area contributed by atoms with E-state index in [1.807, 2.05) is 13.8 Å². The Kier molecular flexibility index (Phi) is 7.32. The number of carbonyl (C=O) groups is 6. The first-order valence-corrected chi connectivity index (χ1v) is 16.1. The lowest BCUT2D eigenvalue weighted by molar-refractivity contribution is -0.127. The van der Waals surface area contributed by atoms with E-state index >= 15 is 0 Å². The average Bonchev–Trinajstić information content (AvgIpc) is 3.74. The van der Waals surface area contributed by atoms with Crippen LogP contribution in [-0.4, -0.2) is 47.1 Å². The molecular formula is C38H32N2O10. The Balaban J connectivity index is 1.34. The highest BCUT2D eigenvalue weighted by Gasteiger charge is 2.48. The van der Waals surface area contributed by atoms with Gasteiger partial charge in [0.25, 0.3) is 11.8 Å². The SMILES string of the molecule is CCC(C)(C)OC(=O)N1C(=O)C(=C2C(=O)Oc3cc4c(cc32)OC(=O)C4=C2C(=O)N(C(=O)OC(C)(C)CC)c3ccccc32)c2ccccc21. The number of hydrogen-bond donors (Lipinski definition) is 0. The van der Waals surface area contributed by atoms with Crippen LogP contribution in [-0.2, 0) is 28.7 Å². The Morgan fingerprint density at radius 3 is 1.30 bits per heavy atom. The van der Waals surface area contributed by atoms with Crippen LogP contribution in [0.3, 0.4) is 0 Å². The van der Waals surface area contributed by atoms with E-state index in [4.69, 9.17) is 18.9 Å². The molecule has 0 fully saturated rings. The first-order chi connectivity index (χ1) is 23.7. The lowest BCUT2D eigenvalue weighted by Crippen LogP contribution is -2.39. The van der Waals surface area contributed by atoms with Crippen LogP contribution in [0, 0.1) is 0 Å². The van der Waals surface area contributed by atoms with E-state index in [2.05, 4.69) is 0 Å². The van der Waals surface area contributed by atoms with Gasteiger partial charge in [0, 0.05) is 22.3 Å². The van der Waals surface area contributed by atoms with Gasteiger partial charge in [-0.3, -0.25) is 9.59 Å². The number of rotatable bonds is 4. The van der Waals surface area contributed by atoms with Crippen LogP contribution in [0.2, 0.25) is 0 Å². The second kappa shape index (κ2) is 11.3. The number of anilines is 2. The number of amides is 4.